The van der Waals surface area contributed by atoms with Crippen molar-refractivity contribution in [1.82, 2.24) is 5.32 Å². The Morgan fingerprint density at radius 1 is 1.09 bits per heavy atom. The van der Waals surface area contributed by atoms with Crippen molar-refractivity contribution in [2.75, 3.05) is 38.9 Å². The first-order valence-corrected chi connectivity index (χ1v) is 15.3. The SMILES string of the molecule is CCOC(=O)C(F)C(CC)NC(=O)C[C@H]1O[C@H](c2cccc(OC)c2OC)c2cc(Cl)ccc2N(CC(C)(C)COC(C)=O)C1=O. The van der Waals surface area contributed by atoms with Crippen LogP contribution in [0.3, 0.4) is 0 Å². The second-order valence-corrected chi connectivity index (χ2v) is 12.0. The normalized spacial score (nSPS) is 17.7. The minimum Gasteiger partial charge on any atom is -0.493 e. The number of esters is 2. The highest BCUT2D eigenvalue weighted by atomic mass is 35.5. The second-order valence-electron chi connectivity index (χ2n) is 11.6. The van der Waals surface area contributed by atoms with Crippen LogP contribution in [0.1, 0.15) is 64.7 Å². The number of carbonyl (C=O) groups is 4. The van der Waals surface area contributed by atoms with E-state index in [1.165, 1.54) is 26.0 Å². The van der Waals surface area contributed by atoms with Gasteiger partial charge in [-0.2, -0.15) is 0 Å². The van der Waals surface area contributed by atoms with Gasteiger partial charge in [0.2, 0.25) is 12.1 Å². The molecule has 0 saturated heterocycles. The Hall–Kier alpha value is -3.90. The number of hydrogen-bond acceptors (Lipinski definition) is 9. The highest BCUT2D eigenvalue weighted by Gasteiger charge is 2.41. The third-order valence-corrected chi connectivity index (χ3v) is 7.63. The van der Waals surface area contributed by atoms with Crippen LogP contribution in [0.25, 0.3) is 0 Å². The molecule has 4 atom stereocenters. The summed E-state index contributed by atoms with van der Waals surface area (Å²) < 4.78 is 42.6. The van der Waals surface area contributed by atoms with E-state index in [1.54, 1.807) is 50.2 Å². The number of ether oxygens (including phenoxy) is 5. The first-order valence-electron chi connectivity index (χ1n) is 15.0. The summed E-state index contributed by atoms with van der Waals surface area (Å²) >= 11 is 6.48. The highest BCUT2D eigenvalue weighted by Crippen LogP contribution is 2.45. The van der Waals surface area contributed by atoms with E-state index in [0.717, 1.165) is 0 Å². The number of rotatable bonds is 14. The van der Waals surface area contributed by atoms with Crippen LogP contribution in [0.15, 0.2) is 36.4 Å². The maximum Gasteiger partial charge on any atom is 0.342 e. The largest absolute Gasteiger partial charge is 0.493 e. The fourth-order valence-corrected chi connectivity index (χ4v) is 5.38. The van der Waals surface area contributed by atoms with Gasteiger partial charge in [-0.1, -0.05) is 44.5 Å². The number of nitrogens with zero attached hydrogens (tertiary/aromatic N) is 1. The van der Waals surface area contributed by atoms with Crippen LogP contribution in [-0.2, 0) is 33.4 Å². The average molecular weight is 665 g/mol. The monoisotopic (exact) mass is 664 g/mol. The molecule has 2 amide bonds. The summed E-state index contributed by atoms with van der Waals surface area (Å²) in [7, 11) is 2.96. The number of fused-ring (bicyclic) bond motifs is 1. The zero-order valence-corrected chi connectivity index (χ0v) is 27.9. The molecule has 1 heterocycles. The third-order valence-electron chi connectivity index (χ3n) is 7.39. The Kier molecular flexibility index (Phi) is 12.8. The zero-order chi connectivity index (χ0) is 34.2. The summed E-state index contributed by atoms with van der Waals surface area (Å²) in [5, 5.41) is 2.90. The zero-order valence-electron chi connectivity index (χ0n) is 27.2. The lowest BCUT2D eigenvalue weighted by atomic mass is 9.92. The molecule has 1 aliphatic rings. The number of amides is 2. The van der Waals surface area contributed by atoms with Gasteiger partial charge in [0.25, 0.3) is 5.91 Å². The molecule has 1 N–H and O–H groups in total. The summed E-state index contributed by atoms with van der Waals surface area (Å²) in [5.41, 5.74) is 0.742. The summed E-state index contributed by atoms with van der Waals surface area (Å²) in [5.74, 6) is -2.07. The minimum absolute atomic E-state index is 0.0120. The van der Waals surface area contributed by atoms with Gasteiger partial charge in [0.1, 0.15) is 12.2 Å². The molecule has 0 fully saturated rings. The Bertz CT molecular complexity index is 1420. The molecule has 0 aliphatic carbocycles. The van der Waals surface area contributed by atoms with Crippen molar-refractivity contribution < 1.29 is 47.3 Å². The summed E-state index contributed by atoms with van der Waals surface area (Å²) in [6.07, 6.45) is -4.86. The molecule has 1 aliphatic heterocycles. The van der Waals surface area contributed by atoms with Crippen molar-refractivity contribution in [3.8, 4) is 11.5 Å². The predicted octanol–water partition coefficient (Wildman–Crippen LogP) is 4.95. The van der Waals surface area contributed by atoms with Crippen LogP contribution in [0.4, 0.5) is 10.1 Å². The summed E-state index contributed by atoms with van der Waals surface area (Å²) in [6.45, 7) is 8.20. The van der Waals surface area contributed by atoms with Crippen LogP contribution >= 0.6 is 11.6 Å². The van der Waals surface area contributed by atoms with E-state index < -0.39 is 60.0 Å². The molecule has 3 rings (SSSR count). The Morgan fingerprint density at radius 2 is 1.80 bits per heavy atom. The van der Waals surface area contributed by atoms with Crippen LogP contribution in [0.5, 0.6) is 11.5 Å². The molecule has 0 saturated carbocycles. The van der Waals surface area contributed by atoms with E-state index in [0.29, 0.717) is 33.3 Å². The summed E-state index contributed by atoms with van der Waals surface area (Å²) in [4.78, 5) is 52.9. The Morgan fingerprint density at radius 3 is 2.41 bits per heavy atom. The van der Waals surface area contributed by atoms with Gasteiger partial charge < -0.3 is 33.9 Å². The highest BCUT2D eigenvalue weighted by molar-refractivity contribution is 6.30. The van der Waals surface area contributed by atoms with Crippen molar-refractivity contribution >= 4 is 41.0 Å². The van der Waals surface area contributed by atoms with E-state index in [4.69, 9.17) is 35.3 Å². The van der Waals surface area contributed by atoms with Crippen molar-refractivity contribution in [2.24, 2.45) is 5.41 Å². The van der Waals surface area contributed by atoms with Crippen molar-refractivity contribution in [3.05, 3.63) is 52.5 Å². The molecule has 0 aromatic heterocycles. The number of anilines is 1. The Labute approximate surface area is 273 Å². The smallest absolute Gasteiger partial charge is 0.342 e. The Balaban J connectivity index is 2.12. The van der Waals surface area contributed by atoms with E-state index in [2.05, 4.69) is 5.32 Å². The van der Waals surface area contributed by atoms with Gasteiger partial charge in [0.15, 0.2) is 11.5 Å². The molecule has 2 aromatic carbocycles. The first-order chi connectivity index (χ1) is 21.8. The third kappa shape index (κ3) is 8.88. The first kappa shape index (κ1) is 36.6. The fourth-order valence-electron chi connectivity index (χ4n) is 5.20. The molecule has 252 valence electrons. The number of halogens is 2. The van der Waals surface area contributed by atoms with Gasteiger partial charge in [-0.25, -0.2) is 9.18 Å². The lowest BCUT2D eigenvalue weighted by Gasteiger charge is -2.33. The van der Waals surface area contributed by atoms with Gasteiger partial charge in [-0.3, -0.25) is 14.4 Å². The molecule has 0 spiro atoms. The average Bonchev–Trinajstić information content (AvgIpc) is 3.12. The number of alkyl halides is 1. The molecule has 2 aromatic rings. The van der Waals surface area contributed by atoms with E-state index in [9.17, 15) is 23.6 Å². The van der Waals surface area contributed by atoms with E-state index in [-0.39, 0.29) is 26.2 Å². The molecule has 13 heteroatoms. The predicted molar refractivity (Wildman–Crippen MR) is 169 cm³/mol. The van der Waals surface area contributed by atoms with Crippen LogP contribution in [-0.4, -0.2) is 76.0 Å². The van der Waals surface area contributed by atoms with Crippen molar-refractivity contribution in [3.63, 3.8) is 0 Å². The molecule has 0 radical (unpaired) electrons. The molecule has 2 unspecified atom stereocenters. The van der Waals surface area contributed by atoms with Gasteiger partial charge in [-0.05, 0) is 37.6 Å². The molecular weight excluding hydrogens is 623 g/mol. The van der Waals surface area contributed by atoms with Crippen LogP contribution in [0.2, 0.25) is 5.02 Å². The molecular formula is C33H42ClFN2O9. The van der Waals surface area contributed by atoms with E-state index >= 15 is 0 Å². The number of para-hydroxylation sites is 1. The van der Waals surface area contributed by atoms with Crippen molar-refractivity contribution in [1.29, 1.82) is 0 Å². The number of methoxy groups -OCH3 is 2. The maximum absolute atomic E-state index is 14.9. The van der Waals surface area contributed by atoms with Gasteiger partial charge in [0.05, 0.1) is 39.9 Å². The second kappa shape index (κ2) is 16.1. The standard InChI is InChI=1S/C33H42ClFN2O9/c1-8-23(28(35)32(41)44-9-2)36-27(39)16-26-31(40)37(17-33(4,5)18-45-19(3)38)24-14-13-20(34)15-22(24)29(46-26)21-11-10-12-25(42-6)30(21)43-7/h10-15,23,26,28-29H,8-9,16-18H2,1-7H3,(H,36,39)/t23?,26-,28?,29-/m1/s1. The number of carbonyl (C=O) groups excluding carboxylic acids is 4. The van der Waals surface area contributed by atoms with Crippen LogP contribution in [0, 0.1) is 5.41 Å². The van der Waals surface area contributed by atoms with Crippen LogP contribution < -0.4 is 19.7 Å². The van der Waals surface area contributed by atoms with Gasteiger partial charge in [0, 0.05) is 40.7 Å². The minimum atomic E-state index is -2.10. The lowest BCUT2D eigenvalue weighted by Crippen LogP contribution is -2.49. The lowest BCUT2D eigenvalue weighted by molar-refractivity contribution is -0.151. The molecule has 0 bridgehead atoms. The summed E-state index contributed by atoms with van der Waals surface area (Å²) in [6, 6.07) is 9.00. The molecule has 11 nitrogen and oxygen atoms in total. The maximum atomic E-state index is 14.9. The topological polar surface area (TPSA) is 130 Å². The fraction of sp³-hybridized carbons (Fsp3) is 0.515. The number of nitrogens with one attached hydrogen (secondary N) is 1. The number of benzene rings is 2. The van der Waals surface area contributed by atoms with E-state index in [1.807, 2.05) is 13.8 Å². The van der Waals surface area contributed by atoms with Gasteiger partial charge in [-0.15, -0.1) is 0 Å². The number of hydrogen-bond donors (Lipinski definition) is 1. The quantitative estimate of drug-likeness (QED) is 0.279. The molecule has 46 heavy (non-hydrogen) atoms. The van der Waals surface area contributed by atoms with Crippen molar-refractivity contribution in [2.45, 2.75) is 71.9 Å². The van der Waals surface area contributed by atoms with Gasteiger partial charge >= 0.3 is 11.9 Å².